The van der Waals surface area contributed by atoms with Crippen LogP contribution < -0.4 is 5.32 Å². The number of rotatable bonds is 4. The topological polar surface area (TPSA) is 35.6 Å². The SMILES string of the molecule is CN1CCC(CN(C)C(=O)CC2CSCCN2)CC1. The summed E-state index contributed by atoms with van der Waals surface area (Å²) < 4.78 is 0. The molecule has 0 aromatic rings. The zero-order chi connectivity index (χ0) is 13.7. The molecule has 1 N–H and O–H groups in total. The molecule has 0 radical (unpaired) electrons. The Balaban J connectivity index is 1.69. The van der Waals surface area contributed by atoms with Crippen LogP contribution in [0.2, 0.25) is 0 Å². The van der Waals surface area contributed by atoms with E-state index in [2.05, 4.69) is 17.3 Å². The maximum Gasteiger partial charge on any atom is 0.223 e. The quantitative estimate of drug-likeness (QED) is 0.832. The summed E-state index contributed by atoms with van der Waals surface area (Å²) in [5, 5.41) is 3.44. The number of amides is 1. The van der Waals surface area contributed by atoms with Crippen LogP contribution in [0.1, 0.15) is 19.3 Å². The van der Waals surface area contributed by atoms with E-state index in [0.29, 0.717) is 24.3 Å². The van der Waals surface area contributed by atoms with Crippen molar-refractivity contribution >= 4 is 17.7 Å². The van der Waals surface area contributed by atoms with E-state index < -0.39 is 0 Å². The number of hydrogen-bond donors (Lipinski definition) is 1. The molecular formula is C14H27N3OS. The number of nitrogens with one attached hydrogen (secondary N) is 1. The van der Waals surface area contributed by atoms with Crippen LogP contribution in [0, 0.1) is 5.92 Å². The fourth-order valence-corrected chi connectivity index (χ4v) is 3.80. The number of likely N-dealkylation sites (tertiary alicyclic amines) is 1. The lowest BCUT2D eigenvalue weighted by molar-refractivity contribution is -0.131. The molecule has 110 valence electrons. The highest BCUT2D eigenvalue weighted by molar-refractivity contribution is 7.99. The van der Waals surface area contributed by atoms with Gasteiger partial charge in [-0.15, -0.1) is 0 Å². The fourth-order valence-electron chi connectivity index (χ4n) is 2.85. The molecule has 0 aromatic heterocycles. The summed E-state index contributed by atoms with van der Waals surface area (Å²) in [5.74, 6) is 3.25. The van der Waals surface area contributed by atoms with Crippen molar-refractivity contribution in [3.05, 3.63) is 0 Å². The Labute approximate surface area is 121 Å². The molecule has 4 nitrogen and oxygen atoms in total. The number of piperidine rings is 1. The third-order valence-corrected chi connectivity index (χ3v) is 5.35. The Kier molecular flexibility index (Phi) is 5.98. The number of carbonyl (C=O) groups excluding carboxylic acids is 1. The number of nitrogens with zero attached hydrogens (tertiary/aromatic N) is 2. The lowest BCUT2D eigenvalue weighted by Crippen LogP contribution is -2.43. The zero-order valence-corrected chi connectivity index (χ0v) is 13.0. The molecule has 1 unspecified atom stereocenters. The maximum absolute atomic E-state index is 12.2. The van der Waals surface area contributed by atoms with Crippen molar-refractivity contribution in [1.82, 2.24) is 15.1 Å². The molecule has 0 aliphatic carbocycles. The van der Waals surface area contributed by atoms with Crippen LogP contribution in [0.5, 0.6) is 0 Å². The van der Waals surface area contributed by atoms with Gasteiger partial charge in [-0.2, -0.15) is 11.8 Å². The minimum absolute atomic E-state index is 0.305. The molecule has 2 aliphatic heterocycles. The molecule has 2 fully saturated rings. The first kappa shape index (κ1) is 15.1. The second kappa shape index (κ2) is 7.50. The van der Waals surface area contributed by atoms with Crippen molar-refractivity contribution in [3.63, 3.8) is 0 Å². The highest BCUT2D eigenvalue weighted by atomic mass is 32.2. The summed E-state index contributed by atoms with van der Waals surface area (Å²) in [6.45, 7) is 4.33. The zero-order valence-electron chi connectivity index (χ0n) is 12.2. The van der Waals surface area contributed by atoms with Gasteiger partial charge >= 0.3 is 0 Å². The van der Waals surface area contributed by atoms with Crippen molar-refractivity contribution in [2.45, 2.75) is 25.3 Å². The van der Waals surface area contributed by atoms with Crippen molar-refractivity contribution < 1.29 is 4.79 Å². The molecule has 19 heavy (non-hydrogen) atoms. The maximum atomic E-state index is 12.2. The van der Waals surface area contributed by atoms with E-state index in [0.717, 1.165) is 18.8 Å². The van der Waals surface area contributed by atoms with Crippen LogP contribution in [-0.2, 0) is 4.79 Å². The first-order chi connectivity index (χ1) is 9.15. The van der Waals surface area contributed by atoms with Gasteiger partial charge in [0.2, 0.25) is 5.91 Å². The summed E-state index contributed by atoms with van der Waals surface area (Å²) in [6.07, 6.45) is 3.12. The van der Waals surface area contributed by atoms with Gasteiger partial charge < -0.3 is 15.1 Å². The Morgan fingerprint density at radius 2 is 2.16 bits per heavy atom. The number of carbonyl (C=O) groups is 1. The standard InChI is InChI=1S/C14H27N3OS/c1-16-6-3-12(4-7-16)10-17(2)14(18)9-13-11-19-8-5-15-13/h12-13,15H,3-11H2,1-2H3. The molecule has 0 bridgehead atoms. The second-order valence-corrected chi connectivity index (χ2v) is 7.10. The van der Waals surface area contributed by atoms with Crippen LogP contribution >= 0.6 is 11.8 Å². The summed E-state index contributed by atoms with van der Waals surface area (Å²) >= 11 is 1.95. The predicted octanol–water partition coefficient (Wildman–Crippen LogP) is 0.882. The van der Waals surface area contributed by atoms with Gasteiger partial charge in [-0.1, -0.05) is 0 Å². The van der Waals surface area contributed by atoms with Crippen LogP contribution in [0.15, 0.2) is 0 Å². The van der Waals surface area contributed by atoms with Gasteiger partial charge in [0.15, 0.2) is 0 Å². The Hall–Kier alpha value is -0.260. The molecule has 5 heteroatoms. The largest absolute Gasteiger partial charge is 0.345 e. The number of hydrogen-bond acceptors (Lipinski definition) is 4. The van der Waals surface area contributed by atoms with Crippen molar-refractivity contribution in [2.75, 3.05) is 51.8 Å². The highest BCUT2D eigenvalue weighted by Crippen LogP contribution is 2.18. The monoisotopic (exact) mass is 285 g/mol. The molecule has 2 heterocycles. The van der Waals surface area contributed by atoms with Crippen molar-refractivity contribution in [2.24, 2.45) is 5.92 Å². The Morgan fingerprint density at radius 3 is 2.79 bits per heavy atom. The number of thioether (sulfide) groups is 1. The summed E-state index contributed by atoms with van der Waals surface area (Å²) in [6, 6.07) is 0.381. The van der Waals surface area contributed by atoms with E-state index in [-0.39, 0.29) is 0 Å². The van der Waals surface area contributed by atoms with E-state index >= 15 is 0 Å². The molecular weight excluding hydrogens is 258 g/mol. The van der Waals surface area contributed by atoms with Gasteiger partial charge in [-0.3, -0.25) is 4.79 Å². The van der Waals surface area contributed by atoms with E-state index in [1.807, 2.05) is 23.7 Å². The van der Waals surface area contributed by atoms with E-state index in [4.69, 9.17) is 0 Å². The molecule has 2 saturated heterocycles. The van der Waals surface area contributed by atoms with Gasteiger partial charge in [-0.05, 0) is 38.9 Å². The van der Waals surface area contributed by atoms with Gasteiger partial charge in [0.25, 0.3) is 0 Å². The highest BCUT2D eigenvalue weighted by Gasteiger charge is 2.22. The molecule has 2 aliphatic rings. The average Bonchev–Trinajstić information content (AvgIpc) is 2.42. The van der Waals surface area contributed by atoms with Crippen molar-refractivity contribution in [1.29, 1.82) is 0 Å². The third-order valence-electron chi connectivity index (χ3n) is 4.22. The van der Waals surface area contributed by atoms with Gasteiger partial charge in [0.1, 0.15) is 0 Å². The second-order valence-electron chi connectivity index (χ2n) is 5.95. The smallest absolute Gasteiger partial charge is 0.223 e. The normalized spacial score (nSPS) is 26.3. The Morgan fingerprint density at radius 1 is 1.42 bits per heavy atom. The molecule has 1 atom stereocenters. The minimum Gasteiger partial charge on any atom is -0.345 e. The summed E-state index contributed by atoms with van der Waals surface area (Å²) in [4.78, 5) is 16.5. The summed E-state index contributed by atoms with van der Waals surface area (Å²) in [5.41, 5.74) is 0. The lowest BCUT2D eigenvalue weighted by atomic mass is 9.96. The van der Waals surface area contributed by atoms with Crippen LogP contribution in [0.25, 0.3) is 0 Å². The fraction of sp³-hybridized carbons (Fsp3) is 0.929. The van der Waals surface area contributed by atoms with Crippen molar-refractivity contribution in [3.8, 4) is 0 Å². The average molecular weight is 285 g/mol. The molecule has 0 saturated carbocycles. The van der Waals surface area contributed by atoms with Crippen LogP contribution in [0.4, 0.5) is 0 Å². The van der Waals surface area contributed by atoms with Gasteiger partial charge in [0, 0.05) is 44.1 Å². The third kappa shape index (κ3) is 4.97. The van der Waals surface area contributed by atoms with Gasteiger partial charge in [-0.25, -0.2) is 0 Å². The molecule has 1 amide bonds. The minimum atomic E-state index is 0.305. The molecule has 0 spiro atoms. The van der Waals surface area contributed by atoms with E-state index in [1.54, 1.807) is 0 Å². The van der Waals surface area contributed by atoms with Crippen LogP contribution in [0.3, 0.4) is 0 Å². The van der Waals surface area contributed by atoms with Crippen LogP contribution in [-0.4, -0.2) is 73.5 Å². The molecule has 2 rings (SSSR count). The Bertz CT molecular complexity index is 286. The summed E-state index contributed by atoms with van der Waals surface area (Å²) in [7, 11) is 4.15. The first-order valence-electron chi connectivity index (χ1n) is 7.39. The van der Waals surface area contributed by atoms with E-state index in [1.165, 1.54) is 31.7 Å². The first-order valence-corrected chi connectivity index (χ1v) is 8.54. The van der Waals surface area contributed by atoms with Gasteiger partial charge in [0.05, 0.1) is 0 Å². The lowest BCUT2D eigenvalue weighted by Gasteiger charge is -2.32. The predicted molar refractivity (Wildman–Crippen MR) is 81.6 cm³/mol. The van der Waals surface area contributed by atoms with E-state index in [9.17, 15) is 4.79 Å². The molecule has 0 aromatic carbocycles.